The molecule has 31 heavy (non-hydrogen) atoms. The monoisotopic (exact) mass is 429 g/mol. The Hall–Kier alpha value is -1.69. The van der Waals surface area contributed by atoms with Crippen molar-refractivity contribution in [2.45, 2.75) is 77.1 Å². The molecule has 0 aromatic carbocycles. The smallest absolute Gasteiger partial charge is 0.224 e. The first kappa shape index (κ1) is 24.0. The van der Waals surface area contributed by atoms with E-state index in [-0.39, 0.29) is 17.4 Å². The summed E-state index contributed by atoms with van der Waals surface area (Å²) >= 11 is 0. The van der Waals surface area contributed by atoms with Crippen molar-refractivity contribution >= 4 is 5.91 Å². The molecule has 1 amide bonds. The summed E-state index contributed by atoms with van der Waals surface area (Å²) in [4.78, 5) is 13.4. The molecule has 0 unspecified atom stereocenters. The second kappa shape index (κ2) is 9.85. The zero-order valence-corrected chi connectivity index (χ0v) is 19.6. The minimum absolute atomic E-state index is 0.00563. The first-order chi connectivity index (χ1) is 14.6. The third-order valence-electron chi connectivity index (χ3n) is 7.50. The van der Waals surface area contributed by atoms with Gasteiger partial charge in [0.05, 0.1) is 31.3 Å². The van der Waals surface area contributed by atoms with E-state index in [9.17, 15) is 15.0 Å². The summed E-state index contributed by atoms with van der Waals surface area (Å²) in [5, 5.41) is 20.1. The van der Waals surface area contributed by atoms with Crippen molar-refractivity contribution in [2.75, 3.05) is 20.7 Å². The Morgan fingerprint density at radius 1 is 1.39 bits per heavy atom. The number of amides is 1. The van der Waals surface area contributed by atoms with Crippen molar-refractivity contribution in [3.05, 3.63) is 47.1 Å². The quantitative estimate of drug-likeness (QED) is 0.628. The van der Waals surface area contributed by atoms with Crippen molar-refractivity contribution in [2.24, 2.45) is 11.3 Å². The van der Waals surface area contributed by atoms with Crippen LogP contribution in [-0.2, 0) is 9.53 Å². The minimum Gasteiger partial charge on any atom is -0.393 e. The van der Waals surface area contributed by atoms with Gasteiger partial charge < -0.3 is 19.8 Å². The topological polar surface area (TPSA) is 70.0 Å². The van der Waals surface area contributed by atoms with E-state index in [0.717, 1.165) is 36.8 Å². The maximum absolute atomic E-state index is 11.8. The van der Waals surface area contributed by atoms with Crippen LogP contribution in [0.3, 0.4) is 0 Å². The maximum Gasteiger partial charge on any atom is 0.224 e. The predicted molar refractivity (Wildman–Crippen MR) is 123 cm³/mol. The van der Waals surface area contributed by atoms with E-state index in [0.29, 0.717) is 31.8 Å². The van der Waals surface area contributed by atoms with E-state index in [4.69, 9.17) is 4.74 Å². The van der Waals surface area contributed by atoms with Gasteiger partial charge in [-0.05, 0) is 67.1 Å². The second-order valence-corrected chi connectivity index (χ2v) is 9.84. The summed E-state index contributed by atoms with van der Waals surface area (Å²) < 4.78 is 6.07. The Balaban J connectivity index is 1.68. The molecule has 2 N–H and O–H groups in total. The molecule has 2 saturated carbocycles. The van der Waals surface area contributed by atoms with Crippen LogP contribution in [-0.4, -0.2) is 60.0 Å². The number of ether oxygens (including phenoxy) is 1. The van der Waals surface area contributed by atoms with Crippen LogP contribution < -0.4 is 0 Å². The highest BCUT2D eigenvalue weighted by molar-refractivity contribution is 5.75. The standard InChI is InChI=1S/C26H39NO4/c1-17-20(15-21(28)16-24(17)29)9-8-19-7-6-13-26(3)22(10-11-23(19)26)18(2)31-14-12-25(30)27(4)5/h8-10,18,21,23-24,28-29H,1,6-7,11-16H2,2-5H3/t18-,21+,23-,24-,26+/m0/s1. The third-order valence-corrected chi connectivity index (χ3v) is 7.50. The molecule has 172 valence electrons. The Labute approximate surface area is 187 Å². The molecule has 5 nitrogen and oxygen atoms in total. The predicted octanol–water partition coefficient (Wildman–Crippen LogP) is 3.93. The van der Waals surface area contributed by atoms with Crippen molar-refractivity contribution in [3.63, 3.8) is 0 Å². The van der Waals surface area contributed by atoms with E-state index in [2.05, 4.69) is 38.7 Å². The fourth-order valence-corrected chi connectivity index (χ4v) is 5.58. The maximum atomic E-state index is 11.8. The number of aliphatic hydroxyl groups excluding tert-OH is 2. The molecular weight excluding hydrogens is 390 g/mol. The highest BCUT2D eigenvalue weighted by Crippen LogP contribution is 2.55. The molecule has 3 aliphatic rings. The van der Waals surface area contributed by atoms with Gasteiger partial charge in [0.15, 0.2) is 0 Å². The first-order valence-corrected chi connectivity index (χ1v) is 11.6. The van der Waals surface area contributed by atoms with Crippen LogP contribution in [0.5, 0.6) is 0 Å². The summed E-state index contributed by atoms with van der Waals surface area (Å²) in [6.07, 6.45) is 11.2. The van der Waals surface area contributed by atoms with Crippen LogP contribution in [0.4, 0.5) is 0 Å². The number of rotatable bonds is 6. The molecule has 3 rings (SSSR count). The van der Waals surface area contributed by atoms with Gasteiger partial charge in [0.2, 0.25) is 5.91 Å². The molecule has 0 aromatic heterocycles. The Morgan fingerprint density at radius 2 is 2.13 bits per heavy atom. The lowest BCUT2D eigenvalue weighted by molar-refractivity contribution is -0.130. The number of aliphatic hydroxyl groups is 2. The number of carbonyl (C=O) groups excluding carboxylic acids is 1. The van der Waals surface area contributed by atoms with Crippen LogP contribution in [0.1, 0.15) is 58.8 Å². The zero-order valence-electron chi connectivity index (χ0n) is 19.6. The van der Waals surface area contributed by atoms with Crippen molar-refractivity contribution in [1.82, 2.24) is 4.90 Å². The third kappa shape index (κ3) is 5.21. The van der Waals surface area contributed by atoms with Crippen molar-refractivity contribution in [1.29, 1.82) is 0 Å². The highest BCUT2D eigenvalue weighted by atomic mass is 16.5. The molecule has 0 bridgehead atoms. The number of hydrogen-bond acceptors (Lipinski definition) is 4. The Morgan fingerprint density at radius 3 is 2.84 bits per heavy atom. The normalized spacial score (nSPS) is 34.6. The van der Waals surface area contributed by atoms with Gasteiger partial charge in [-0.15, -0.1) is 0 Å². The lowest BCUT2D eigenvalue weighted by Crippen LogP contribution is -2.35. The second-order valence-electron chi connectivity index (χ2n) is 9.84. The molecule has 0 radical (unpaired) electrons. The fraction of sp³-hybridized carbons (Fsp3) is 0.654. The van der Waals surface area contributed by atoms with Crippen LogP contribution in [0.15, 0.2) is 47.1 Å². The summed E-state index contributed by atoms with van der Waals surface area (Å²) in [6, 6.07) is 0. The van der Waals surface area contributed by atoms with Gasteiger partial charge in [0, 0.05) is 20.5 Å². The van der Waals surface area contributed by atoms with Crippen LogP contribution in [0.25, 0.3) is 0 Å². The van der Waals surface area contributed by atoms with E-state index in [1.807, 2.05) is 0 Å². The molecule has 0 aliphatic heterocycles. The number of carbonyl (C=O) groups is 1. The summed E-state index contributed by atoms with van der Waals surface area (Å²) in [6.45, 7) is 8.93. The lowest BCUT2D eigenvalue weighted by atomic mass is 9.63. The minimum atomic E-state index is -0.651. The number of hydrogen-bond donors (Lipinski definition) is 2. The average molecular weight is 430 g/mol. The number of allylic oxidation sites excluding steroid dienone is 4. The zero-order chi connectivity index (χ0) is 22.8. The van der Waals surface area contributed by atoms with Crippen LogP contribution in [0, 0.1) is 11.3 Å². The van der Waals surface area contributed by atoms with Gasteiger partial charge in [0.1, 0.15) is 0 Å². The van der Waals surface area contributed by atoms with Gasteiger partial charge in [-0.25, -0.2) is 0 Å². The first-order valence-electron chi connectivity index (χ1n) is 11.6. The van der Waals surface area contributed by atoms with Crippen molar-refractivity contribution < 1.29 is 19.7 Å². The molecule has 5 atom stereocenters. The van der Waals surface area contributed by atoms with Gasteiger partial charge in [-0.3, -0.25) is 4.79 Å². The molecular formula is C26H39NO4. The van der Waals surface area contributed by atoms with Crippen LogP contribution in [0.2, 0.25) is 0 Å². The molecule has 0 aromatic rings. The summed E-state index contributed by atoms with van der Waals surface area (Å²) in [7, 11) is 3.54. The molecule has 0 saturated heterocycles. The van der Waals surface area contributed by atoms with Gasteiger partial charge >= 0.3 is 0 Å². The average Bonchev–Trinajstić information content (AvgIpc) is 3.06. The fourth-order valence-electron chi connectivity index (χ4n) is 5.58. The number of fused-ring (bicyclic) bond motifs is 1. The Bertz CT molecular complexity index is 793. The van der Waals surface area contributed by atoms with E-state index in [1.54, 1.807) is 19.0 Å². The van der Waals surface area contributed by atoms with Gasteiger partial charge in [-0.2, -0.15) is 0 Å². The van der Waals surface area contributed by atoms with Gasteiger partial charge in [-0.1, -0.05) is 37.3 Å². The highest BCUT2D eigenvalue weighted by Gasteiger charge is 2.46. The summed E-state index contributed by atoms with van der Waals surface area (Å²) in [5.41, 5.74) is 4.57. The van der Waals surface area contributed by atoms with Crippen LogP contribution >= 0.6 is 0 Å². The molecule has 0 spiro atoms. The Kier molecular flexibility index (Phi) is 7.61. The van der Waals surface area contributed by atoms with E-state index < -0.39 is 12.2 Å². The van der Waals surface area contributed by atoms with Crippen molar-refractivity contribution in [3.8, 4) is 0 Å². The van der Waals surface area contributed by atoms with Gasteiger partial charge in [0.25, 0.3) is 0 Å². The molecule has 0 heterocycles. The largest absolute Gasteiger partial charge is 0.393 e. The summed E-state index contributed by atoms with van der Waals surface area (Å²) in [5.74, 6) is 0.543. The van der Waals surface area contributed by atoms with E-state index in [1.165, 1.54) is 11.1 Å². The molecule has 5 heteroatoms. The SMILES string of the molecule is C=C1C(=CC=C2CCC[C@]3(C)C([C@H](C)OCCC(=O)N(C)C)=CC[C@@H]23)C[C@@H](O)C[C@@H]1O. The lowest BCUT2D eigenvalue weighted by Gasteiger charge is -2.42. The number of nitrogens with zero attached hydrogens (tertiary/aromatic N) is 1. The molecule has 3 aliphatic carbocycles. The van der Waals surface area contributed by atoms with E-state index >= 15 is 0 Å². The molecule has 2 fully saturated rings.